The van der Waals surface area contributed by atoms with Crippen molar-refractivity contribution in [3.05, 3.63) is 98.4 Å². The fraction of sp³-hybridized carbons (Fsp3) is 0.333. The zero-order valence-electron chi connectivity index (χ0n) is 30.3. The van der Waals surface area contributed by atoms with E-state index in [9.17, 15) is 19.2 Å². The van der Waals surface area contributed by atoms with E-state index in [4.69, 9.17) is 15.0 Å². The number of carbonyl (C=O) groups is 4. The number of fused-ring (bicyclic) bond motifs is 14. The maximum absolute atomic E-state index is 13.3. The van der Waals surface area contributed by atoms with E-state index in [2.05, 4.69) is 53.0 Å². The number of aliphatic imine (C=N–C) groups is 1. The van der Waals surface area contributed by atoms with E-state index >= 15 is 0 Å². The van der Waals surface area contributed by atoms with Crippen molar-refractivity contribution < 1.29 is 19.2 Å². The highest BCUT2D eigenvalue weighted by Crippen LogP contribution is 2.92. The number of hydrogen-bond acceptors (Lipinski definition) is 12. The van der Waals surface area contributed by atoms with Gasteiger partial charge in [-0.1, -0.05) is 93.5 Å². The second-order valence-corrected chi connectivity index (χ2v) is 23.2. The third kappa shape index (κ3) is 4.73. The van der Waals surface area contributed by atoms with Crippen LogP contribution in [0.1, 0.15) is 66.8 Å². The summed E-state index contributed by atoms with van der Waals surface area (Å²) in [5, 5.41) is 7.53. The number of carbonyl (C=O) groups excluding carboxylic acids is 4. The van der Waals surface area contributed by atoms with E-state index in [1.54, 1.807) is 0 Å². The molecule has 4 N–H and O–H groups in total. The van der Waals surface area contributed by atoms with Gasteiger partial charge < -0.3 is 25.4 Å². The van der Waals surface area contributed by atoms with Gasteiger partial charge in [0.25, 0.3) is 0 Å². The number of aldehydes is 1. The zero-order valence-corrected chi connectivity index (χ0v) is 33.6. The summed E-state index contributed by atoms with van der Waals surface area (Å²) in [4.78, 5) is 74.2. The summed E-state index contributed by atoms with van der Waals surface area (Å²) in [7, 11) is -2.85. The number of thioether (sulfide) groups is 3. The molecule has 54 heavy (non-hydrogen) atoms. The molecule has 1 spiro atoms. The molecule has 0 aromatic carbocycles. The highest BCUT2D eigenvalue weighted by Gasteiger charge is 2.71. The number of hydrogen-bond donors (Lipinski definition) is 4. The Morgan fingerprint density at radius 2 is 1.83 bits per heavy atom. The van der Waals surface area contributed by atoms with Gasteiger partial charge in [-0.3, -0.25) is 14.4 Å². The Labute approximate surface area is 324 Å². The predicted molar refractivity (Wildman–Crippen MR) is 223 cm³/mol. The summed E-state index contributed by atoms with van der Waals surface area (Å²) in [6.07, 6.45) is 13.8. The van der Waals surface area contributed by atoms with Crippen molar-refractivity contribution in [1.29, 1.82) is 0 Å². The second-order valence-electron chi connectivity index (χ2n) is 14.9. The molecule has 11 nitrogen and oxygen atoms in total. The Balaban J connectivity index is 1.32. The number of aromatic amines is 2. The number of H-pyrrole nitrogens is 2. The maximum Gasteiger partial charge on any atom is 0.207 e. The van der Waals surface area contributed by atoms with Crippen LogP contribution in [0, 0.1) is 11.8 Å². The van der Waals surface area contributed by atoms with Crippen molar-refractivity contribution in [2.45, 2.75) is 61.0 Å². The standard InChI is InChI=1S/C39H39N7O4S4/c1-8-22-27(20(6)51-15-48)34-43-33(22)44-35-29-28(26-19(5)30(29)53-38(26)50)23(41-35)13-17(3)40-32(18(4)16(2)9-11-24-37(49)52-24)42-36-31-25-12-10-21(14-47)54(25,31,7)39(45-34)46-36/h9-16,19,21,24-26,30,41,46H,4,6,8H2,1-3,5,7H3,(H,40,42)(H,43,44,45)/b11-9-,17-13?. The van der Waals surface area contributed by atoms with Gasteiger partial charge in [0.15, 0.2) is 10.7 Å². The molecular weight excluding hydrogens is 759 g/mol. The first kappa shape index (κ1) is 35.5. The lowest BCUT2D eigenvalue weighted by molar-refractivity contribution is -0.112. The number of aromatic nitrogens is 2. The predicted octanol–water partition coefficient (Wildman–Crippen LogP) is 5.52. The molecule has 1 aliphatic carbocycles. The van der Waals surface area contributed by atoms with Crippen molar-refractivity contribution in [2.75, 3.05) is 6.26 Å². The molecule has 7 unspecified atom stereocenters. The van der Waals surface area contributed by atoms with Gasteiger partial charge in [0, 0.05) is 54.3 Å². The van der Waals surface area contributed by atoms with Crippen LogP contribution < -0.4 is 21.6 Å². The third-order valence-corrected chi connectivity index (χ3v) is 20.8. The van der Waals surface area contributed by atoms with E-state index in [0.29, 0.717) is 56.0 Å². The molecule has 278 valence electrons. The summed E-state index contributed by atoms with van der Waals surface area (Å²) in [6.45, 7) is 16.9. The molecule has 0 saturated carbocycles. The van der Waals surface area contributed by atoms with Gasteiger partial charge >= 0.3 is 0 Å². The van der Waals surface area contributed by atoms with Gasteiger partial charge in [-0.2, -0.15) is 8.75 Å². The van der Waals surface area contributed by atoms with E-state index in [0.717, 1.165) is 56.7 Å². The smallest absolute Gasteiger partial charge is 0.207 e. The van der Waals surface area contributed by atoms with Gasteiger partial charge in [0.05, 0.1) is 16.4 Å². The van der Waals surface area contributed by atoms with Gasteiger partial charge in [0.1, 0.15) is 39.8 Å². The Hall–Kier alpha value is -4.18. The van der Waals surface area contributed by atoms with Crippen LogP contribution in [-0.4, -0.2) is 65.1 Å². The average Bonchev–Trinajstić information content (AvgIpc) is 3.46. The monoisotopic (exact) mass is 797 g/mol. The SMILES string of the molecule is C=C(SC=O)c1c(CC)c2[nH]c1=NC1=S34(C)C(=C(N=C(C(=C)C(C)/C=C\C5SC5=O)NC(C)=Cc5[nH]c(c6c5C5C(=O)SC6C5C)N=2)N1)C3C=CC4C=O. The highest BCUT2D eigenvalue weighted by molar-refractivity contribution is 8.58. The molecule has 2 aromatic heterocycles. The molecule has 8 heterocycles. The molecule has 7 atom stereocenters. The molecule has 0 radical (unpaired) electrons. The quantitative estimate of drug-likeness (QED) is 0.111. The van der Waals surface area contributed by atoms with Crippen LogP contribution in [0.3, 0.4) is 0 Å². The fourth-order valence-electron chi connectivity index (χ4n) is 8.91. The van der Waals surface area contributed by atoms with E-state index in [1.807, 2.05) is 45.1 Å². The zero-order chi connectivity index (χ0) is 38.0. The van der Waals surface area contributed by atoms with Crippen LogP contribution in [-0.2, 0) is 25.6 Å². The van der Waals surface area contributed by atoms with Gasteiger partial charge in [0.2, 0.25) is 5.12 Å². The fourth-order valence-corrected chi connectivity index (χ4v) is 16.9. The van der Waals surface area contributed by atoms with Crippen LogP contribution in [0.15, 0.2) is 74.4 Å². The first-order valence-corrected chi connectivity index (χ1v) is 23.0. The maximum atomic E-state index is 13.3. The summed E-state index contributed by atoms with van der Waals surface area (Å²) in [5.41, 5.74) is 7.67. The summed E-state index contributed by atoms with van der Waals surface area (Å²) in [5.74, 6) is 1.51. The Kier molecular flexibility index (Phi) is 8.00. The average molecular weight is 798 g/mol. The molecule has 8 bridgehead atoms. The van der Waals surface area contributed by atoms with Crippen LogP contribution in [0.4, 0.5) is 5.82 Å². The molecule has 2 aromatic rings. The first-order chi connectivity index (χ1) is 25.8. The Morgan fingerprint density at radius 3 is 2.54 bits per heavy atom. The van der Waals surface area contributed by atoms with Crippen molar-refractivity contribution in [2.24, 2.45) is 26.8 Å². The van der Waals surface area contributed by atoms with Crippen LogP contribution >= 0.6 is 44.0 Å². The highest BCUT2D eigenvalue weighted by atomic mass is 32.3. The Bertz CT molecular complexity index is 2580. The number of rotatable bonds is 9. The largest absolute Gasteiger partial charge is 0.344 e. The lowest BCUT2D eigenvalue weighted by atomic mass is 9.95. The molecule has 3 saturated heterocycles. The summed E-state index contributed by atoms with van der Waals surface area (Å²) < 4.78 is 0. The van der Waals surface area contributed by atoms with E-state index in [1.165, 1.54) is 23.5 Å². The number of nitrogens with zero attached hydrogens (tertiary/aromatic N) is 3. The number of nitrogens with one attached hydrogen (secondary N) is 4. The normalized spacial score (nSPS) is 30.1. The van der Waals surface area contributed by atoms with E-state index in [-0.39, 0.29) is 43.7 Å². The second kappa shape index (κ2) is 12.2. The molecule has 3 fully saturated rings. The molecule has 7 aliphatic rings. The molecule has 15 heteroatoms. The minimum atomic E-state index is -2.85. The third-order valence-electron chi connectivity index (χ3n) is 12.0. The van der Waals surface area contributed by atoms with Crippen LogP contribution in [0.5, 0.6) is 0 Å². The molecule has 0 amide bonds. The van der Waals surface area contributed by atoms with Crippen molar-refractivity contribution in [1.82, 2.24) is 20.6 Å². The first-order valence-electron chi connectivity index (χ1n) is 17.8. The summed E-state index contributed by atoms with van der Waals surface area (Å²) >= 11 is 3.67. The van der Waals surface area contributed by atoms with Gasteiger partial charge in [-0.05, 0) is 42.7 Å². The topological polar surface area (TPSA) is 161 Å². The minimum Gasteiger partial charge on any atom is -0.344 e. The van der Waals surface area contributed by atoms with E-state index < -0.39 is 14.0 Å². The van der Waals surface area contributed by atoms with Crippen molar-refractivity contribution >= 4 is 93.9 Å². The Morgan fingerprint density at radius 1 is 1.06 bits per heavy atom. The summed E-state index contributed by atoms with van der Waals surface area (Å²) in [6, 6.07) is 0. The van der Waals surface area contributed by atoms with Gasteiger partial charge in [-0.15, -0.1) is 0 Å². The van der Waals surface area contributed by atoms with Crippen LogP contribution in [0.25, 0.3) is 11.0 Å². The molecule has 6 aliphatic heterocycles. The lowest BCUT2D eigenvalue weighted by Crippen LogP contribution is -2.31. The minimum absolute atomic E-state index is 0.0113. The number of allylic oxidation sites excluding steroid dienone is 2. The van der Waals surface area contributed by atoms with Crippen LogP contribution in [0.2, 0.25) is 0 Å². The van der Waals surface area contributed by atoms with Crippen molar-refractivity contribution in [3.8, 4) is 0 Å². The lowest BCUT2D eigenvalue weighted by Gasteiger charge is -2.28. The van der Waals surface area contributed by atoms with Crippen molar-refractivity contribution in [3.63, 3.8) is 0 Å². The molecular formula is C39H39N7O4S4. The number of amidine groups is 1. The molecule has 9 rings (SSSR count). The van der Waals surface area contributed by atoms with Gasteiger partial charge in [-0.25, -0.2) is 15.0 Å².